The standard InChI is InChI=1S/C16H22N2O4/c1-3-4-5-6-9-12-21-15(19)17-18-16(20)22-14-11-8-7-10-13(14)2/h7-8,10-11H,3-6,9,12H2,1-2H3. The zero-order valence-electron chi connectivity index (χ0n) is 13.1. The van der Waals surface area contributed by atoms with E-state index in [2.05, 4.69) is 17.2 Å². The number of carbonyl (C=O) groups is 2. The van der Waals surface area contributed by atoms with E-state index < -0.39 is 12.2 Å². The van der Waals surface area contributed by atoms with Crippen LogP contribution >= 0.6 is 0 Å². The average molecular weight is 306 g/mol. The third-order valence-electron chi connectivity index (χ3n) is 2.98. The molecular weight excluding hydrogens is 284 g/mol. The number of ether oxygens (including phenoxy) is 2. The lowest BCUT2D eigenvalue weighted by Crippen LogP contribution is -2.05. The second-order valence-electron chi connectivity index (χ2n) is 4.86. The fourth-order valence-electron chi connectivity index (χ4n) is 1.76. The van der Waals surface area contributed by atoms with E-state index in [1.54, 1.807) is 25.1 Å². The first kappa shape index (κ1) is 17.8. The van der Waals surface area contributed by atoms with Crippen LogP contribution < -0.4 is 4.74 Å². The summed E-state index contributed by atoms with van der Waals surface area (Å²) >= 11 is 0. The van der Waals surface area contributed by atoms with Crippen molar-refractivity contribution in [1.82, 2.24) is 0 Å². The third-order valence-corrected chi connectivity index (χ3v) is 2.98. The van der Waals surface area contributed by atoms with Crippen molar-refractivity contribution >= 4 is 12.2 Å². The normalized spacial score (nSPS) is 10.6. The number of amides is 2. The monoisotopic (exact) mass is 306 g/mol. The van der Waals surface area contributed by atoms with Gasteiger partial charge in [-0.05, 0) is 25.0 Å². The highest BCUT2D eigenvalue weighted by Gasteiger charge is 2.07. The maximum absolute atomic E-state index is 11.4. The fraction of sp³-hybridized carbons (Fsp3) is 0.500. The van der Waals surface area contributed by atoms with Crippen molar-refractivity contribution in [1.29, 1.82) is 0 Å². The minimum atomic E-state index is -0.950. The largest absolute Gasteiger partial charge is 0.458 e. The topological polar surface area (TPSA) is 77.3 Å². The highest BCUT2D eigenvalue weighted by Crippen LogP contribution is 2.16. The molecule has 0 aromatic heterocycles. The van der Waals surface area contributed by atoms with Gasteiger partial charge in [-0.25, -0.2) is 9.59 Å². The van der Waals surface area contributed by atoms with Crippen molar-refractivity contribution < 1.29 is 19.1 Å². The molecule has 0 aliphatic carbocycles. The van der Waals surface area contributed by atoms with Crippen molar-refractivity contribution in [3.8, 4) is 5.75 Å². The number of nitrogens with zero attached hydrogens (tertiary/aromatic N) is 2. The van der Waals surface area contributed by atoms with Crippen molar-refractivity contribution in [2.75, 3.05) is 6.61 Å². The maximum atomic E-state index is 11.4. The first-order valence-corrected chi connectivity index (χ1v) is 7.49. The first-order chi connectivity index (χ1) is 10.6. The molecule has 0 aliphatic rings. The predicted molar refractivity (Wildman–Crippen MR) is 82.2 cm³/mol. The van der Waals surface area contributed by atoms with E-state index in [0.29, 0.717) is 5.75 Å². The van der Waals surface area contributed by atoms with Crippen LogP contribution in [0.4, 0.5) is 9.59 Å². The molecule has 2 amide bonds. The van der Waals surface area contributed by atoms with E-state index in [9.17, 15) is 9.59 Å². The molecule has 6 nitrogen and oxygen atoms in total. The Hall–Kier alpha value is -2.24. The Bertz CT molecular complexity index is 515. The minimum absolute atomic E-state index is 0.286. The number of hydrogen-bond acceptors (Lipinski definition) is 4. The fourth-order valence-corrected chi connectivity index (χ4v) is 1.76. The molecule has 1 aromatic carbocycles. The molecule has 6 heteroatoms. The Balaban J connectivity index is 2.24. The van der Waals surface area contributed by atoms with Gasteiger partial charge in [0.1, 0.15) is 5.75 Å². The van der Waals surface area contributed by atoms with Crippen LogP contribution in [0.15, 0.2) is 34.5 Å². The lowest BCUT2D eigenvalue weighted by molar-refractivity contribution is 0.151. The van der Waals surface area contributed by atoms with E-state index >= 15 is 0 Å². The van der Waals surface area contributed by atoms with E-state index in [0.717, 1.165) is 31.2 Å². The highest BCUT2D eigenvalue weighted by molar-refractivity contribution is 5.74. The second-order valence-corrected chi connectivity index (χ2v) is 4.86. The van der Waals surface area contributed by atoms with E-state index in [-0.39, 0.29) is 6.61 Å². The van der Waals surface area contributed by atoms with Crippen LogP contribution in [0.3, 0.4) is 0 Å². The Labute approximate surface area is 130 Å². The summed E-state index contributed by atoms with van der Waals surface area (Å²) in [7, 11) is 0. The summed E-state index contributed by atoms with van der Waals surface area (Å²) in [6, 6.07) is 7.00. The molecule has 0 radical (unpaired) electrons. The molecule has 0 atom stereocenters. The summed E-state index contributed by atoms with van der Waals surface area (Å²) in [5, 5.41) is 6.35. The number of carbonyl (C=O) groups excluding carboxylic acids is 2. The van der Waals surface area contributed by atoms with Crippen molar-refractivity contribution in [2.45, 2.75) is 46.0 Å². The minimum Gasteiger partial charge on any atom is -0.447 e. The van der Waals surface area contributed by atoms with Gasteiger partial charge in [0.05, 0.1) is 6.61 Å². The molecule has 0 heterocycles. The number of benzene rings is 1. The van der Waals surface area contributed by atoms with Crippen molar-refractivity contribution in [3.05, 3.63) is 29.8 Å². The lowest BCUT2D eigenvalue weighted by atomic mass is 10.2. The van der Waals surface area contributed by atoms with Gasteiger partial charge in [0, 0.05) is 0 Å². The predicted octanol–water partition coefficient (Wildman–Crippen LogP) is 5.05. The van der Waals surface area contributed by atoms with Gasteiger partial charge in [-0.1, -0.05) is 61.0 Å². The maximum Gasteiger partial charge on any atom is 0.458 e. The van der Waals surface area contributed by atoms with E-state index in [4.69, 9.17) is 9.47 Å². The summed E-state index contributed by atoms with van der Waals surface area (Å²) in [6.45, 7) is 4.22. The van der Waals surface area contributed by atoms with Gasteiger partial charge in [-0.3, -0.25) is 0 Å². The van der Waals surface area contributed by atoms with E-state index in [1.807, 2.05) is 6.07 Å². The molecule has 0 unspecified atom stereocenters. The summed E-state index contributed by atoms with van der Waals surface area (Å²) in [5.74, 6) is 0.385. The number of azo groups is 1. The molecule has 0 saturated heterocycles. The quantitative estimate of drug-likeness (QED) is 0.521. The summed E-state index contributed by atoms with van der Waals surface area (Å²) in [4.78, 5) is 22.7. The Kier molecular flexibility index (Phi) is 8.49. The van der Waals surface area contributed by atoms with Crippen LogP contribution in [0.5, 0.6) is 5.75 Å². The number of hydrogen-bond donors (Lipinski definition) is 0. The van der Waals surface area contributed by atoms with Crippen molar-refractivity contribution in [2.24, 2.45) is 10.2 Å². The SMILES string of the molecule is CCCCCCCOC(=O)N=NC(=O)Oc1ccccc1C. The van der Waals surface area contributed by atoms with Gasteiger partial charge in [-0.2, -0.15) is 0 Å². The van der Waals surface area contributed by atoms with Crippen LogP contribution in [-0.2, 0) is 4.74 Å². The Morgan fingerprint density at radius 3 is 2.41 bits per heavy atom. The molecule has 1 aromatic rings. The van der Waals surface area contributed by atoms with Crippen LogP contribution in [0.25, 0.3) is 0 Å². The zero-order valence-corrected chi connectivity index (χ0v) is 13.1. The summed E-state index contributed by atoms with van der Waals surface area (Å²) in [5.41, 5.74) is 0.792. The molecule has 0 spiro atoms. The molecule has 0 saturated carbocycles. The van der Waals surface area contributed by atoms with Gasteiger partial charge in [0.2, 0.25) is 0 Å². The number of unbranched alkanes of at least 4 members (excludes halogenated alkanes) is 4. The van der Waals surface area contributed by atoms with Gasteiger partial charge >= 0.3 is 12.2 Å². The number of rotatable bonds is 7. The third kappa shape index (κ3) is 7.52. The van der Waals surface area contributed by atoms with Crippen LogP contribution in [-0.4, -0.2) is 18.8 Å². The zero-order chi connectivity index (χ0) is 16.2. The Morgan fingerprint density at radius 2 is 1.68 bits per heavy atom. The highest BCUT2D eigenvalue weighted by atomic mass is 16.6. The van der Waals surface area contributed by atoms with Gasteiger partial charge in [0.15, 0.2) is 0 Å². The summed E-state index contributed by atoms with van der Waals surface area (Å²) < 4.78 is 9.80. The number of aryl methyl sites for hydroxylation is 1. The van der Waals surface area contributed by atoms with E-state index in [1.165, 1.54) is 6.42 Å². The molecule has 120 valence electrons. The van der Waals surface area contributed by atoms with Gasteiger partial charge in [0.25, 0.3) is 0 Å². The van der Waals surface area contributed by atoms with Crippen LogP contribution in [0.2, 0.25) is 0 Å². The lowest BCUT2D eigenvalue weighted by Gasteiger charge is -2.03. The number of para-hydroxylation sites is 1. The Morgan fingerprint density at radius 1 is 1.00 bits per heavy atom. The van der Waals surface area contributed by atoms with Gasteiger partial charge in [-0.15, -0.1) is 0 Å². The second kappa shape index (κ2) is 10.5. The van der Waals surface area contributed by atoms with Crippen LogP contribution in [0.1, 0.15) is 44.6 Å². The van der Waals surface area contributed by atoms with Crippen molar-refractivity contribution in [3.63, 3.8) is 0 Å². The molecule has 1 rings (SSSR count). The average Bonchev–Trinajstić information content (AvgIpc) is 2.51. The molecule has 0 N–H and O–H groups in total. The summed E-state index contributed by atoms with van der Waals surface area (Å²) in [6.07, 6.45) is 3.43. The molecule has 0 aliphatic heterocycles. The molecule has 0 bridgehead atoms. The molecule has 22 heavy (non-hydrogen) atoms. The smallest absolute Gasteiger partial charge is 0.447 e. The molecular formula is C16H22N2O4. The van der Waals surface area contributed by atoms with Crippen LogP contribution in [0, 0.1) is 6.92 Å². The molecule has 0 fully saturated rings. The first-order valence-electron chi connectivity index (χ1n) is 7.49. The van der Waals surface area contributed by atoms with Gasteiger partial charge < -0.3 is 9.47 Å².